The van der Waals surface area contributed by atoms with Crippen molar-refractivity contribution < 1.29 is 9.72 Å². The summed E-state index contributed by atoms with van der Waals surface area (Å²) in [5.74, 6) is 1.52. The molecule has 5 heteroatoms. The average Bonchev–Trinajstić information content (AvgIpc) is 2.28. The summed E-state index contributed by atoms with van der Waals surface area (Å²) in [4.78, 5) is 21.8. The maximum Gasteiger partial charge on any atom is 0.270 e. The molecular weight excluding hydrogens is 238 g/mol. The van der Waals surface area contributed by atoms with Gasteiger partial charge in [-0.25, -0.2) is 0 Å². The van der Waals surface area contributed by atoms with Crippen molar-refractivity contribution in [3.8, 4) is 0 Å². The second-order valence-corrected chi connectivity index (χ2v) is 5.26. The van der Waals surface area contributed by atoms with Gasteiger partial charge in [0, 0.05) is 22.6 Å². The van der Waals surface area contributed by atoms with E-state index in [4.69, 9.17) is 0 Å². The molecule has 0 bridgehead atoms. The Morgan fingerprint density at radius 3 is 2.71 bits per heavy atom. The third-order valence-electron chi connectivity index (χ3n) is 2.28. The first-order valence-electron chi connectivity index (χ1n) is 5.41. The van der Waals surface area contributed by atoms with E-state index in [1.807, 2.05) is 0 Å². The molecule has 1 rings (SSSR count). The van der Waals surface area contributed by atoms with Crippen LogP contribution in [0.2, 0.25) is 0 Å². The molecule has 0 spiro atoms. The van der Waals surface area contributed by atoms with Crippen LogP contribution in [0, 0.1) is 16.0 Å². The minimum absolute atomic E-state index is 0.0414. The van der Waals surface area contributed by atoms with Gasteiger partial charge in [-0.05, 0) is 24.2 Å². The normalized spacial score (nSPS) is 10.5. The van der Waals surface area contributed by atoms with E-state index in [-0.39, 0.29) is 5.69 Å². The number of carbonyl (C=O) groups excluding carboxylic acids is 1. The van der Waals surface area contributed by atoms with Crippen LogP contribution < -0.4 is 0 Å². The summed E-state index contributed by atoms with van der Waals surface area (Å²) in [6.45, 7) is 4.27. The van der Waals surface area contributed by atoms with Gasteiger partial charge in [0.1, 0.15) is 0 Å². The van der Waals surface area contributed by atoms with Crippen LogP contribution in [-0.2, 0) is 0 Å². The molecule has 0 aromatic heterocycles. The van der Waals surface area contributed by atoms with Gasteiger partial charge in [-0.1, -0.05) is 13.8 Å². The second-order valence-electron chi connectivity index (χ2n) is 4.13. The summed E-state index contributed by atoms with van der Waals surface area (Å²) in [5.41, 5.74) is 0.355. The lowest BCUT2D eigenvalue weighted by molar-refractivity contribution is -0.384. The molecule has 0 atom stereocenters. The molecule has 1 aromatic carbocycles. The fraction of sp³-hybridized carbons (Fsp3) is 0.417. The predicted molar refractivity (Wildman–Crippen MR) is 68.7 cm³/mol. The Balaban J connectivity index is 2.78. The van der Waals surface area contributed by atoms with Gasteiger partial charge < -0.3 is 0 Å². The molecule has 0 saturated carbocycles. The van der Waals surface area contributed by atoms with E-state index in [0.29, 0.717) is 17.8 Å². The standard InChI is InChI=1S/C12H15NO3S/c1-9(2)5-6-17-12-4-3-11(13(15)16)7-10(12)8-14/h3-4,7-9H,5-6H2,1-2H3. The van der Waals surface area contributed by atoms with Crippen LogP contribution in [0.25, 0.3) is 0 Å². The topological polar surface area (TPSA) is 60.2 Å². The number of rotatable bonds is 6. The van der Waals surface area contributed by atoms with Crippen LogP contribution in [0.5, 0.6) is 0 Å². The van der Waals surface area contributed by atoms with Gasteiger partial charge in [0.05, 0.1) is 4.92 Å². The van der Waals surface area contributed by atoms with E-state index >= 15 is 0 Å². The number of thioether (sulfide) groups is 1. The van der Waals surface area contributed by atoms with Gasteiger partial charge >= 0.3 is 0 Å². The van der Waals surface area contributed by atoms with Gasteiger partial charge in [-0.15, -0.1) is 11.8 Å². The molecule has 0 aliphatic rings. The summed E-state index contributed by atoms with van der Waals surface area (Å²) in [7, 11) is 0. The van der Waals surface area contributed by atoms with E-state index < -0.39 is 4.92 Å². The molecule has 92 valence electrons. The van der Waals surface area contributed by atoms with Crippen LogP contribution in [0.3, 0.4) is 0 Å². The minimum Gasteiger partial charge on any atom is -0.298 e. The maximum atomic E-state index is 10.9. The first-order chi connectivity index (χ1) is 8.04. The van der Waals surface area contributed by atoms with Crippen molar-refractivity contribution in [2.75, 3.05) is 5.75 Å². The SMILES string of the molecule is CC(C)CCSc1ccc([N+](=O)[O-])cc1C=O. The van der Waals surface area contributed by atoms with Gasteiger partial charge in [0.2, 0.25) is 0 Å². The summed E-state index contributed by atoms with van der Waals surface area (Å²) in [6.07, 6.45) is 1.73. The zero-order valence-corrected chi connectivity index (χ0v) is 10.7. The lowest BCUT2D eigenvalue weighted by Gasteiger charge is -2.06. The largest absolute Gasteiger partial charge is 0.298 e. The van der Waals surface area contributed by atoms with Crippen LogP contribution in [0.1, 0.15) is 30.6 Å². The van der Waals surface area contributed by atoms with E-state index in [1.54, 1.807) is 17.8 Å². The highest BCUT2D eigenvalue weighted by Gasteiger charge is 2.10. The summed E-state index contributed by atoms with van der Waals surface area (Å²) in [6, 6.07) is 4.41. The molecule has 0 heterocycles. The molecule has 0 amide bonds. The summed E-state index contributed by atoms with van der Waals surface area (Å²) < 4.78 is 0. The number of hydrogen-bond donors (Lipinski definition) is 0. The highest BCUT2D eigenvalue weighted by atomic mass is 32.2. The van der Waals surface area contributed by atoms with Gasteiger partial charge in [-0.3, -0.25) is 14.9 Å². The Kier molecular flexibility index (Phi) is 5.15. The predicted octanol–water partition coefficient (Wildman–Crippen LogP) is 3.55. The molecule has 4 nitrogen and oxygen atoms in total. The summed E-state index contributed by atoms with van der Waals surface area (Å²) >= 11 is 1.57. The minimum atomic E-state index is -0.491. The van der Waals surface area contributed by atoms with E-state index in [1.165, 1.54) is 12.1 Å². The molecule has 0 fully saturated rings. The van der Waals surface area contributed by atoms with Gasteiger partial charge in [0.25, 0.3) is 5.69 Å². The molecule has 1 aromatic rings. The Labute approximate surface area is 105 Å². The van der Waals surface area contributed by atoms with Crippen molar-refractivity contribution in [3.05, 3.63) is 33.9 Å². The fourth-order valence-corrected chi connectivity index (χ4v) is 2.52. The lowest BCUT2D eigenvalue weighted by Crippen LogP contribution is -1.94. The number of hydrogen-bond acceptors (Lipinski definition) is 4. The average molecular weight is 253 g/mol. The Bertz CT molecular complexity index is 418. The van der Waals surface area contributed by atoms with Crippen LogP contribution in [0.15, 0.2) is 23.1 Å². The van der Waals surface area contributed by atoms with Crippen molar-refractivity contribution in [2.45, 2.75) is 25.2 Å². The Morgan fingerprint density at radius 2 is 2.18 bits per heavy atom. The quantitative estimate of drug-likeness (QED) is 0.336. The number of nitro benzene ring substituents is 1. The van der Waals surface area contributed by atoms with Crippen LogP contribution in [-0.4, -0.2) is 17.0 Å². The first kappa shape index (κ1) is 13.7. The van der Waals surface area contributed by atoms with E-state index in [9.17, 15) is 14.9 Å². The molecule has 0 aliphatic heterocycles. The first-order valence-corrected chi connectivity index (χ1v) is 6.39. The van der Waals surface area contributed by atoms with E-state index in [0.717, 1.165) is 17.1 Å². The van der Waals surface area contributed by atoms with E-state index in [2.05, 4.69) is 13.8 Å². The fourth-order valence-electron chi connectivity index (χ4n) is 1.28. The van der Waals surface area contributed by atoms with Crippen molar-refractivity contribution >= 4 is 23.7 Å². The molecular formula is C12H15NO3S. The number of nitro groups is 1. The number of aldehydes is 1. The van der Waals surface area contributed by atoms with Crippen molar-refractivity contribution in [2.24, 2.45) is 5.92 Å². The van der Waals surface area contributed by atoms with Gasteiger partial charge in [0.15, 0.2) is 6.29 Å². The maximum absolute atomic E-state index is 10.9. The van der Waals surface area contributed by atoms with Crippen molar-refractivity contribution in [1.29, 1.82) is 0 Å². The number of benzene rings is 1. The van der Waals surface area contributed by atoms with Crippen molar-refractivity contribution in [3.63, 3.8) is 0 Å². The van der Waals surface area contributed by atoms with Crippen molar-refractivity contribution in [1.82, 2.24) is 0 Å². The lowest BCUT2D eigenvalue weighted by atomic mass is 10.2. The molecule has 0 aliphatic carbocycles. The molecule has 17 heavy (non-hydrogen) atoms. The monoisotopic (exact) mass is 253 g/mol. The number of carbonyl (C=O) groups is 1. The zero-order chi connectivity index (χ0) is 12.8. The number of non-ortho nitro benzene ring substituents is 1. The Morgan fingerprint density at radius 1 is 1.47 bits per heavy atom. The summed E-state index contributed by atoms with van der Waals surface area (Å²) in [5, 5.41) is 10.6. The molecule has 0 saturated heterocycles. The van der Waals surface area contributed by atoms with Crippen LogP contribution >= 0.6 is 11.8 Å². The Hall–Kier alpha value is -1.36. The highest BCUT2D eigenvalue weighted by Crippen LogP contribution is 2.26. The third kappa shape index (κ3) is 4.19. The van der Waals surface area contributed by atoms with Crippen LogP contribution in [0.4, 0.5) is 5.69 Å². The smallest absolute Gasteiger partial charge is 0.270 e. The molecule has 0 radical (unpaired) electrons. The van der Waals surface area contributed by atoms with Gasteiger partial charge in [-0.2, -0.15) is 0 Å². The second kappa shape index (κ2) is 6.39. The third-order valence-corrected chi connectivity index (χ3v) is 3.41. The highest BCUT2D eigenvalue weighted by molar-refractivity contribution is 7.99. The molecule has 0 N–H and O–H groups in total. The molecule has 0 unspecified atom stereocenters. The number of nitrogens with zero attached hydrogens (tertiary/aromatic N) is 1. The zero-order valence-electron chi connectivity index (χ0n) is 9.88.